The lowest BCUT2D eigenvalue weighted by Gasteiger charge is -2.38. The van der Waals surface area contributed by atoms with Gasteiger partial charge in [0.2, 0.25) is 0 Å². The molecule has 0 saturated heterocycles. The first kappa shape index (κ1) is 13.8. The lowest BCUT2D eigenvalue weighted by molar-refractivity contribution is 0.287. The van der Waals surface area contributed by atoms with Crippen LogP contribution in [0.25, 0.3) is 0 Å². The highest BCUT2D eigenvalue weighted by Crippen LogP contribution is 2.46. The van der Waals surface area contributed by atoms with Crippen LogP contribution in [0.1, 0.15) is 43.2 Å². The number of phenols is 1. The predicted molar refractivity (Wildman–Crippen MR) is 74.3 cm³/mol. The number of rotatable bonds is 2. The third-order valence-electron chi connectivity index (χ3n) is 4.18. The summed E-state index contributed by atoms with van der Waals surface area (Å²) in [6, 6.07) is 1.32. The minimum absolute atomic E-state index is 0.154. The van der Waals surface area contributed by atoms with Crippen LogP contribution in [0.5, 0.6) is 5.75 Å². The first-order chi connectivity index (χ1) is 8.52. The largest absolute Gasteiger partial charge is 0.506 e. The van der Waals surface area contributed by atoms with Crippen molar-refractivity contribution < 1.29 is 9.50 Å². The van der Waals surface area contributed by atoms with Crippen molar-refractivity contribution in [3.05, 3.63) is 27.5 Å². The number of phenolic OH excluding ortho intramolecular Hbond substituents is 1. The van der Waals surface area contributed by atoms with Gasteiger partial charge in [-0.3, -0.25) is 0 Å². The van der Waals surface area contributed by atoms with Gasteiger partial charge in [0.25, 0.3) is 0 Å². The number of benzene rings is 1. The molecule has 4 heteroatoms. The molecule has 0 spiro atoms. The van der Waals surface area contributed by atoms with Crippen LogP contribution >= 0.6 is 15.9 Å². The van der Waals surface area contributed by atoms with Gasteiger partial charge in [0, 0.05) is 17.5 Å². The Balaban J connectivity index is 2.61. The molecule has 0 aromatic heterocycles. The molecule has 100 valence electrons. The molecule has 0 bridgehead atoms. The van der Waals surface area contributed by atoms with E-state index in [9.17, 15) is 9.50 Å². The van der Waals surface area contributed by atoms with Gasteiger partial charge in [0.1, 0.15) is 11.6 Å². The maximum absolute atomic E-state index is 13.9. The van der Waals surface area contributed by atoms with Crippen LogP contribution in [0.4, 0.5) is 4.39 Å². The van der Waals surface area contributed by atoms with Crippen molar-refractivity contribution in [3.8, 4) is 5.75 Å². The smallest absolute Gasteiger partial charge is 0.134 e. The summed E-state index contributed by atoms with van der Waals surface area (Å²) in [4.78, 5) is 0. The predicted octanol–water partition coefficient (Wildman–Crippen LogP) is 3.76. The Morgan fingerprint density at radius 3 is 2.56 bits per heavy atom. The summed E-state index contributed by atoms with van der Waals surface area (Å²) >= 11 is 3.22. The number of halogens is 2. The van der Waals surface area contributed by atoms with Gasteiger partial charge < -0.3 is 10.8 Å². The van der Waals surface area contributed by atoms with Crippen LogP contribution in [-0.4, -0.2) is 11.7 Å². The van der Waals surface area contributed by atoms with Crippen LogP contribution in [0.15, 0.2) is 10.5 Å². The molecule has 2 nitrogen and oxygen atoms in total. The highest BCUT2D eigenvalue weighted by molar-refractivity contribution is 9.10. The maximum Gasteiger partial charge on any atom is 0.134 e. The van der Waals surface area contributed by atoms with Gasteiger partial charge in [-0.05, 0) is 47.3 Å². The van der Waals surface area contributed by atoms with E-state index in [1.165, 1.54) is 12.5 Å². The molecule has 1 aromatic carbocycles. The fraction of sp³-hybridized carbons (Fsp3) is 0.571. The van der Waals surface area contributed by atoms with E-state index >= 15 is 0 Å². The van der Waals surface area contributed by atoms with E-state index in [1.807, 2.05) is 0 Å². The van der Waals surface area contributed by atoms with E-state index in [0.29, 0.717) is 22.1 Å². The average Bonchev–Trinajstić information content (AvgIpc) is 2.38. The molecule has 0 heterocycles. The molecule has 2 rings (SSSR count). The summed E-state index contributed by atoms with van der Waals surface area (Å²) in [6.07, 6.45) is 5.22. The van der Waals surface area contributed by atoms with Crippen molar-refractivity contribution in [2.75, 3.05) is 6.54 Å². The monoisotopic (exact) mass is 315 g/mol. The van der Waals surface area contributed by atoms with Crippen LogP contribution in [0.2, 0.25) is 0 Å². The minimum atomic E-state index is -0.284. The van der Waals surface area contributed by atoms with Gasteiger partial charge in [-0.25, -0.2) is 4.39 Å². The van der Waals surface area contributed by atoms with Crippen molar-refractivity contribution in [2.24, 2.45) is 5.73 Å². The Labute approximate surface area is 116 Å². The van der Waals surface area contributed by atoms with Gasteiger partial charge in [-0.2, -0.15) is 0 Å². The Morgan fingerprint density at radius 1 is 1.39 bits per heavy atom. The molecule has 0 amide bonds. The normalized spacial score (nSPS) is 18.9. The summed E-state index contributed by atoms with van der Waals surface area (Å²) in [5.41, 5.74) is 6.93. The number of nitrogens with two attached hydrogens (primary N) is 1. The molecule has 3 N–H and O–H groups in total. The molecule has 1 fully saturated rings. The van der Waals surface area contributed by atoms with E-state index in [2.05, 4.69) is 15.9 Å². The standard InChI is InChI=1S/C14H19BrFNO/c1-9-11(16)7-10(15)13(18)12(9)14(8-17)5-3-2-4-6-14/h7,18H,2-6,8,17H2,1H3. The lowest BCUT2D eigenvalue weighted by Crippen LogP contribution is -2.38. The third kappa shape index (κ3) is 2.16. The molecule has 18 heavy (non-hydrogen) atoms. The maximum atomic E-state index is 13.9. The molecule has 0 unspecified atom stereocenters. The zero-order valence-electron chi connectivity index (χ0n) is 10.6. The van der Waals surface area contributed by atoms with Crippen molar-refractivity contribution in [3.63, 3.8) is 0 Å². The van der Waals surface area contributed by atoms with E-state index < -0.39 is 0 Å². The molecule has 1 saturated carbocycles. The zero-order valence-corrected chi connectivity index (χ0v) is 12.2. The molecule has 1 aliphatic carbocycles. The van der Waals surface area contributed by atoms with Crippen LogP contribution in [0.3, 0.4) is 0 Å². The van der Waals surface area contributed by atoms with Gasteiger partial charge in [-0.1, -0.05) is 19.3 Å². The number of hydrogen-bond donors (Lipinski definition) is 2. The first-order valence-corrected chi connectivity index (χ1v) is 7.19. The lowest BCUT2D eigenvalue weighted by atomic mass is 9.68. The Bertz CT molecular complexity index is 429. The topological polar surface area (TPSA) is 46.2 Å². The molecule has 0 atom stereocenters. The summed E-state index contributed by atoms with van der Waals surface area (Å²) in [7, 11) is 0. The average molecular weight is 316 g/mol. The van der Waals surface area contributed by atoms with Crippen LogP contribution in [-0.2, 0) is 5.41 Å². The van der Waals surface area contributed by atoms with E-state index in [0.717, 1.165) is 25.7 Å². The van der Waals surface area contributed by atoms with Gasteiger partial charge in [0.15, 0.2) is 0 Å². The number of aromatic hydroxyl groups is 1. The van der Waals surface area contributed by atoms with Gasteiger partial charge >= 0.3 is 0 Å². The van der Waals surface area contributed by atoms with Gasteiger partial charge in [0.05, 0.1) is 4.47 Å². The molecular weight excluding hydrogens is 297 g/mol. The van der Waals surface area contributed by atoms with E-state index in [4.69, 9.17) is 5.73 Å². The first-order valence-electron chi connectivity index (χ1n) is 6.40. The summed E-state index contributed by atoms with van der Waals surface area (Å²) < 4.78 is 14.3. The van der Waals surface area contributed by atoms with Crippen molar-refractivity contribution in [1.29, 1.82) is 0 Å². The molecular formula is C14H19BrFNO. The van der Waals surface area contributed by atoms with Gasteiger partial charge in [-0.15, -0.1) is 0 Å². The number of hydrogen-bond acceptors (Lipinski definition) is 2. The molecule has 1 aliphatic rings. The summed E-state index contributed by atoms with van der Waals surface area (Å²) in [5, 5.41) is 10.3. The quantitative estimate of drug-likeness (QED) is 0.872. The molecule has 0 aliphatic heterocycles. The Morgan fingerprint density at radius 2 is 2.00 bits per heavy atom. The SMILES string of the molecule is Cc1c(F)cc(Br)c(O)c1C1(CN)CCCCC1. The third-order valence-corrected chi connectivity index (χ3v) is 4.79. The highest BCUT2D eigenvalue weighted by Gasteiger charge is 2.37. The van der Waals surface area contributed by atoms with Crippen molar-refractivity contribution >= 4 is 15.9 Å². The fourth-order valence-electron chi connectivity index (χ4n) is 3.14. The van der Waals surface area contributed by atoms with Crippen LogP contribution in [0, 0.1) is 12.7 Å². The molecule has 1 aromatic rings. The fourth-order valence-corrected chi connectivity index (χ4v) is 3.54. The zero-order chi connectivity index (χ0) is 13.3. The minimum Gasteiger partial charge on any atom is -0.506 e. The second-order valence-corrected chi connectivity index (χ2v) is 6.09. The van der Waals surface area contributed by atoms with E-state index in [1.54, 1.807) is 6.92 Å². The van der Waals surface area contributed by atoms with E-state index in [-0.39, 0.29) is 17.0 Å². The molecule has 0 radical (unpaired) electrons. The Kier molecular flexibility index (Phi) is 3.97. The van der Waals surface area contributed by atoms with Crippen LogP contribution < -0.4 is 5.73 Å². The van der Waals surface area contributed by atoms with Crippen molar-refractivity contribution in [1.82, 2.24) is 0 Å². The highest BCUT2D eigenvalue weighted by atomic mass is 79.9. The van der Waals surface area contributed by atoms with Crippen molar-refractivity contribution in [2.45, 2.75) is 44.4 Å². The second-order valence-electron chi connectivity index (χ2n) is 5.23. The second kappa shape index (κ2) is 5.17. The summed E-state index contributed by atoms with van der Waals surface area (Å²) in [5.74, 6) is -0.130. The Hall–Kier alpha value is -0.610. The summed E-state index contributed by atoms with van der Waals surface area (Å²) in [6.45, 7) is 2.18.